The van der Waals surface area contributed by atoms with Crippen molar-refractivity contribution in [3.63, 3.8) is 0 Å². The Balaban J connectivity index is 1.79. The van der Waals surface area contributed by atoms with Gasteiger partial charge in [-0.15, -0.1) is 0 Å². The van der Waals surface area contributed by atoms with E-state index < -0.39 is 0 Å². The number of rotatable bonds is 6. The van der Waals surface area contributed by atoms with E-state index in [1.807, 2.05) is 12.1 Å². The second kappa shape index (κ2) is 7.68. The van der Waals surface area contributed by atoms with Crippen molar-refractivity contribution in [1.82, 2.24) is 5.32 Å². The van der Waals surface area contributed by atoms with Crippen LogP contribution in [0.25, 0.3) is 0 Å². The van der Waals surface area contributed by atoms with Gasteiger partial charge in [-0.3, -0.25) is 4.79 Å². The van der Waals surface area contributed by atoms with Gasteiger partial charge in [-0.25, -0.2) is 0 Å². The fraction of sp³-hybridized carbons (Fsp3) is 0.316. The standard InChI is InChI=1S/C19H23NO3/c1-13(2)16-7-3-15(4-8-16)12-20-19(23)10-6-14-5-9-17(21)18(22)11-14/h3-5,7-9,11,13,21-22H,6,10,12H2,1-2H3,(H,20,23). The number of carbonyl (C=O) groups excluding carboxylic acids is 1. The second-order valence-electron chi connectivity index (χ2n) is 6.00. The van der Waals surface area contributed by atoms with Crippen molar-refractivity contribution in [3.05, 3.63) is 59.2 Å². The molecule has 0 atom stereocenters. The van der Waals surface area contributed by atoms with Crippen molar-refractivity contribution in [2.24, 2.45) is 0 Å². The number of hydrogen-bond acceptors (Lipinski definition) is 3. The maximum absolute atomic E-state index is 11.9. The first-order chi connectivity index (χ1) is 11.0. The predicted octanol–water partition coefficient (Wildman–Crippen LogP) is 3.47. The smallest absolute Gasteiger partial charge is 0.220 e. The lowest BCUT2D eigenvalue weighted by atomic mass is 10.0. The number of aromatic hydroxyl groups is 2. The van der Waals surface area contributed by atoms with E-state index in [-0.39, 0.29) is 17.4 Å². The summed E-state index contributed by atoms with van der Waals surface area (Å²) in [5, 5.41) is 21.6. The Bertz CT molecular complexity index is 663. The van der Waals surface area contributed by atoms with Crippen molar-refractivity contribution >= 4 is 5.91 Å². The molecule has 0 aromatic heterocycles. The minimum absolute atomic E-state index is 0.0366. The average Bonchev–Trinajstić information content (AvgIpc) is 2.54. The lowest BCUT2D eigenvalue weighted by Crippen LogP contribution is -2.23. The number of phenols is 2. The van der Waals surface area contributed by atoms with E-state index in [0.717, 1.165) is 11.1 Å². The van der Waals surface area contributed by atoms with Crippen molar-refractivity contribution in [1.29, 1.82) is 0 Å². The lowest BCUT2D eigenvalue weighted by molar-refractivity contribution is -0.121. The fourth-order valence-corrected chi connectivity index (χ4v) is 2.29. The summed E-state index contributed by atoms with van der Waals surface area (Å²) in [4.78, 5) is 11.9. The van der Waals surface area contributed by atoms with Gasteiger partial charge in [0.25, 0.3) is 0 Å². The van der Waals surface area contributed by atoms with Gasteiger partial charge in [-0.2, -0.15) is 0 Å². The van der Waals surface area contributed by atoms with Crippen LogP contribution in [-0.2, 0) is 17.8 Å². The van der Waals surface area contributed by atoms with Gasteiger partial charge in [0.2, 0.25) is 5.91 Å². The van der Waals surface area contributed by atoms with Gasteiger partial charge in [0.05, 0.1) is 0 Å². The molecule has 0 aliphatic carbocycles. The summed E-state index contributed by atoms with van der Waals surface area (Å²) in [5.74, 6) is 0.155. The molecule has 0 radical (unpaired) electrons. The van der Waals surface area contributed by atoms with E-state index in [2.05, 4.69) is 31.3 Å². The normalized spacial score (nSPS) is 10.7. The molecule has 0 bridgehead atoms. The Labute approximate surface area is 136 Å². The van der Waals surface area contributed by atoms with E-state index in [0.29, 0.717) is 25.3 Å². The van der Waals surface area contributed by atoms with Crippen LogP contribution >= 0.6 is 0 Å². The molecule has 0 spiro atoms. The Morgan fingerprint density at radius 1 is 1.00 bits per heavy atom. The quantitative estimate of drug-likeness (QED) is 0.715. The average molecular weight is 313 g/mol. The minimum Gasteiger partial charge on any atom is -0.504 e. The summed E-state index contributed by atoms with van der Waals surface area (Å²) < 4.78 is 0. The van der Waals surface area contributed by atoms with Crippen LogP contribution in [0.5, 0.6) is 11.5 Å². The molecule has 0 aliphatic rings. The molecule has 1 amide bonds. The van der Waals surface area contributed by atoms with E-state index in [9.17, 15) is 15.0 Å². The van der Waals surface area contributed by atoms with Gasteiger partial charge in [-0.1, -0.05) is 44.2 Å². The molecule has 4 nitrogen and oxygen atoms in total. The summed E-state index contributed by atoms with van der Waals surface area (Å²) in [6.45, 7) is 4.81. The molecule has 23 heavy (non-hydrogen) atoms. The molecule has 0 fully saturated rings. The molecule has 122 valence electrons. The van der Waals surface area contributed by atoms with Gasteiger partial charge in [0.1, 0.15) is 0 Å². The van der Waals surface area contributed by atoms with Crippen LogP contribution in [-0.4, -0.2) is 16.1 Å². The summed E-state index contributed by atoms with van der Waals surface area (Å²) >= 11 is 0. The Kier molecular flexibility index (Phi) is 5.63. The van der Waals surface area contributed by atoms with Gasteiger partial charge in [0, 0.05) is 13.0 Å². The number of carbonyl (C=O) groups is 1. The third kappa shape index (κ3) is 5.02. The number of hydrogen-bond donors (Lipinski definition) is 3. The van der Waals surface area contributed by atoms with Crippen molar-refractivity contribution in [2.75, 3.05) is 0 Å². The molecule has 2 aromatic carbocycles. The van der Waals surface area contributed by atoms with Crippen molar-refractivity contribution in [3.8, 4) is 11.5 Å². The summed E-state index contributed by atoms with van der Waals surface area (Å²) in [6.07, 6.45) is 0.861. The third-order valence-electron chi connectivity index (χ3n) is 3.82. The van der Waals surface area contributed by atoms with E-state index >= 15 is 0 Å². The van der Waals surface area contributed by atoms with Crippen LogP contribution in [0.1, 0.15) is 42.9 Å². The van der Waals surface area contributed by atoms with Crippen LogP contribution in [0.3, 0.4) is 0 Å². The van der Waals surface area contributed by atoms with E-state index in [1.165, 1.54) is 17.7 Å². The molecular weight excluding hydrogens is 290 g/mol. The molecule has 0 heterocycles. The second-order valence-corrected chi connectivity index (χ2v) is 6.00. The van der Waals surface area contributed by atoms with Crippen LogP contribution < -0.4 is 5.32 Å². The summed E-state index contributed by atoms with van der Waals surface area (Å²) in [5.41, 5.74) is 3.17. The first kappa shape index (κ1) is 16.9. The highest BCUT2D eigenvalue weighted by Gasteiger charge is 2.05. The van der Waals surface area contributed by atoms with Crippen molar-refractivity contribution < 1.29 is 15.0 Å². The fourth-order valence-electron chi connectivity index (χ4n) is 2.29. The Morgan fingerprint density at radius 3 is 2.26 bits per heavy atom. The molecule has 2 rings (SSSR count). The summed E-state index contributed by atoms with van der Waals surface area (Å²) in [6, 6.07) is 12.9. The first-order valence-corrected chi connectivity index (χ1v) is 7.82. The molecular formula is C19H23NO3. The molecule has 0 aliphatic heterocycles. The largest absolute Gasteiger partial charge is 0.504 e. The van der Waals surface area contributed by atoms with Gasteiger partial charge in [-0.05, 0) is 41.2 Å². The topological polar surface area (TPSA) is 69.6 Å². The van der Waals surface area contributed by atoms with Gasteiger partial charge in [0.15, 0.2) is 11.5 Å². The highest BCUT2D eigenvalue weighted by Crippen LogP contribution is 2.25. The van der Waals surface area contributed by atoms with Gasteiger partial charge < -0.3 is 15.5 Å². The molecule has 3 N–H and O–H groups in total. The zero-order valence-corrected chi connectivity index (χ0v) is 13.5. The molecule has 0 unspecified atom stereocenters. The highest BCUT2D eigenvalue weighted by molar-refractivity contribution is 5.76. The molecule has 4 heteroatoms. The number of amides is 1. The Morgan fingerprint density at radius 2 is 1.65 bits per heavy atom. The maximum Gasteiger partial charge on any atom is 0.220 e. The highest BCUT2D eigenvalue weighted by atomic mass is 16.3. The lowest BCUT2D eigenvalue weighted by Gasteiger charge is -2.08. The molecule has 2 aromatic rings. The minimum atomic E-state index is -0.159. The first-order valence-electron chi connectivity index (χ1n) is 7.82. The monoisotopic (exact) mass is 313 g/mol. The SMILES string of the molecule is CC(C)c1ccc(CNC(=O)CCc2ccc(O)c(O)c2)cc1. The predicted molar refractivity (Wildman–Crippen MR) is 90.5 cm³/mol. The number of aryl methyl sites for hydroxylation is 1. The Hall–Kier alpha value is -2.49. The van der Waals surface area contributed by atoms with E-state index in [1.54, 1.807) is 6.07 Å². The molecule has 0 saturated carbocycles. The number of phenolic OH excluding ortho intramolecular Hbond substituents is 2. The zero-order chi connectivity index (χ0) is 16.8. The van der Waals surface area contributed by atoms with Crippen LogP contribution in [0.15, 0.2) is 42.5 Å². The van der Waals surface area contributed by atoms with Crippen molar-refractivity contribution in [2.45, 2.75) is 39.2 Å². The maximum atomic E-state index is 11.9. The van der Waals surface area contributed by atoms with Crippen LogP contribution in [0.4, 0.5) is 0 Å². The van der Waals surface area contributed by atoms with Gasteiger partial charge >= 0.3 is 0 Å². The summed E-state index contributed by atoms with van der Waals surface area (Å²) in [7, 11) is 0. The van der Waals surface area contributed by atoms with Crippen LogP contribution in [0.2, 0.25) is 0 Å². The molecule has 0 saturated heterocycles. The zero-order valence-electron chi connectivity index (χ0n) is 13.5. The third-order valence-corrected chi connectivity index (χ3v) is 3.82. The van der Waals surface area contributed by atoms with E-state index in [4.69, 9.17) is 0 Å². The number of benzene rings is 2. The van der Waals surface area contributed by atoms with Crippen LogP contribution in [0, 0.1) is 0 Å². The number of nitrogens with one attached hydrogen (secondary N) is 1.